The zero-order chi connectivity index (χ0) is 0. The van der Waals surface area contributed by atoms with E-state index in [1.165, 1.54) is 0 Å². The number of hydrogen-bond donors (Lipinski definition) is 0. The van der Waals surface area contributed by atoms with Gasteiger partial charge in [-0.3, -0.25) is 0 Å². The van der Waals surface area contributed by atoms with Crippen LogP contribution in [0.2, 0.25) is 0 Å². The van der Waals surface area contributed by atoms with Crippen LogP contribution in [0.25, 0.3) is 0 Å². The summed E-state index contributed by atoms with van der Waals surface area (Å²) in [7, 11) is 0. The average molecular weight is 766 g/mol. The van der Waals surface area contributed by atoms with Crippen LogP contribution in [-0.4, -0.2) is 147 Å². The van der Waals surface area contributed by atoms with Gasteiger partial charge in [-0.1, -0.05) is 0 Å². The molecule has 0 rings (SSSR count). The average Bonchev–Trinajstić information content (AvgIpc) is 0. The molecule has 0 heterocycles. The summed E-state index contributed by atoms with van der Waals surface area (Å²) in [5, 5.41) is 0. The van der Waals surface area contributed by atoms with Gasteiger partial charge in [0, 0.05) is 0 Å². The minimum Gasteiger partial charge on any atom is -1.00 e. The largest absolute Gasteiger partial charge is 5.00 e. The second kappa shape index (κ2) is 43.1. The van der Waals surface area contributed by atoms with Crippen molar-refractivity contribution in [3.63, 3.8) is 0 Å². The van der Waals surface area contributed by atoms with Crippen LogP contribution in [0.1, 0.15) is 0 Å². The molecule has 0 N–H and O–H groups in total. The Kier molecular flexibility index (Phi) is 348. The third kappa shape index (κ3) is 35.1. The Labute approximate surface area is 155 Å². The van der Waals surface area contributed by atoms with Crippen LogP contribution >= 0.6 is 0 Å². The fourth-order valence-corrected chi connectivity index (χ4v) is 0. The van der Waals surface area contributed by atoms with E-state index in [9.17, 15) is 0 Å². The van der Waals surface area contributed by atoms with Gasteiger partial charge in [-0.15, -0.1) is 0 Å². The van der Waals surface area contributed by atoms with Gasteiger partial charge in [-0.25, -0.2) is 0 Å². The van der Waals surface area contributed by atoms with Crippen LogP contribution in [0, 0.1) is 0 Å². The Hall–Kier alpha value is 5.20. The molecule has 7 heavy (non-hydrogen) atoms. The van der Waals surface area contributed by atoms with Crippen molar-refractivity contribution in [2.24, 2.45) is 0 Å². The van der Waals surface area contributed by atoms with Gasteiger partial charge < -0.3 is 12.4 Å². The minimum atomic E-state index is 0. The van der Waals surface area contributed by atoms with E-state index in [0.717, 1.165) is 0 Å². The van der Waals surface area contributed by atoms with Gasteiger partial charge in [0.25, 0.3) is 0 Å². The Balaban J connectivity index is 0. The van der Waals surface area contributed by atoms with E-state index in [0.29, 0.717) is 0 Å². The molecule has 0 atom stereocenters. The van der Waals surface area contributed by atoms with Crippen LogP contribution in [0.3, 0.4) is 0 Å². The molecule has 0 aromatic carbocycles. The van der Waals surface area contributed by atoms with Gasteiger partial charge in [-0.05, 0) is 0 Å². The monoisotopic (exact) mass is 760 g/mol. The Bertz CT molecular complexity index is 4.14. The van der Waals surface area contributed by atoms with E-state index in [2.05, 4.69) is 0 Å². The first-order chi connectivity index (χ1) is 0. The summed E-state index contributed by atoms with van der Waals surface area (Å²) in [6.07, 6.45) is 0. The molecule has 0 aromatic heterocycles. The molecule has 0 bridgehead atoms. The van der Waals surface area contributed by atoms with Crippen LogP contribution in [0.5, 0.6) is 0 Å². The Morgan fingerprint density at radius 3 is 0.286 bits per heavy atom. The second-order valence-electron chi connectivity index (χ2n) is 0. The zero-order valence-corrected chi connectivity index (χ0v) is 19.1. The van der Waals surface area contributed by atoms with Crippen molar-refractivity contribution in [1.29, 1.82) is 0 Å². The maximum absolute atomic E-state index is 0. The molecule has 0 aliphatic rings. The van der Waals surface area contributed by atoms with Crippen LogP contribution in [-0.2, 0) is 0 Å². The van der Waals surface area contributed by atoms with Gasteiger partial charge >= 0.3 is 147 Å². The van der Waals surface area contributed by atoms with Crippen LogP contribution < -0.4 is 12.4 Å². The first-order valence-corrected chi connectivity index (χ1v) is 0. The van der Waals surface area contributed by atoms with E-state index in [1.54, 1.807) is 0 Å². The summed E-state index contributed by atoms with van der Waals surface area (Å²) in [5.74, 6) is 0. The summed E-state index contributed by atoms with van der Waals surface area (Å²) < 4.78 is 0. The predicted octanol–water partition coefficient (Wildman–Crippen LogP) is -5.28. The van der Waals surface area contributed by atoms with E-state index in [-0.39, 0.29) is 159 Å². The molecule has 0 radical (unpaired) electrons. The fourth-order valence-electron chi connectivity index (χ4n) is 0. The van der Waals surface area contributed by atoms with Gasteiger partial charge in [0.05, 0.1) is 0 Å². The summed E-state index contributed by atoms with van der Waals surface area (Å²) in [4.78, 5) is 0. The molecular formula is ClSb6+29. The maximum atomic E-state index is 0. The fraction of sp³-hybridized carbons (Fsp3) is 0. The number of hydrogen-bond acceptors (Lipinski definition) is 0. The summed E-state index contributed by atoms with van der Waals surface area (Å²) in [6.45, 7) is 0. The number of rotatable bonds is 0. The minimum absolute atomic E-state index is 0. The normalized spacial score (nSPS) is 0. The molecule has 7 heteroatoms. The third-order valence-corrected chi connectivity index (χ3v) is 0. The van der Waals surface area contributed by atoms with Crippen molar-refractivity contribution in [2.75, 3.05) is 0 Å². The van der Waals surface area contributed by atoms with Crippen molar-refractivity contribution in [1.82, 2.24) is 0 Å². The molecule has 0 aliphatic carbocycles. The van der Waals surface area contributed by atoms with Crippen molar-refractivity contribution in [3.8, 4) is 0 Å². The molecule has 0 nitrogen and oxygen atoms in total. The topological polar surface area (TPSA) is 0 Å². The van der Waals surface area contributed by atoms with Gasteiger partial charge in [0.2, 0.25) is 0 Å². The van der Waals surface area contributed by atoms with Crippen molar-refractivity contribution in [2.45, 2.75) is 0 Å². The van der Waals surface area contributed by atoms with E-state index < -0.39 is 0 Å². The molecular weight excluding hydrogens is 766 g/mol. The molecule has 8 valence electrons. The molecule has 0 unspecified atom stereocenters. The smallest absolute Gasteiger partial charge is 1.00 e. The van der Waals surface area contributed by atoms with Crippen molar-refractivity contribution < 1.29 is 12.4 Å². The van der Waals surface area contributed by atoms with Gasteiger partial charge in [0.1, 0.15) is 0 Å². The Morgan fingerprint density at radius 2 is 0.286 bits per heavy atom. The third-order valence-electron chi connectivity index (χ3n) is 0. The van der Waals surface area contributed by atoms with Crippen molar-refractivity contribution in [3.05, 3.63) is 0 Å². The van der Waals surface area contributed by atoms with E-state index in [4.69, 9.17) is 0 Å². The van der Waals surface area contributed by atoms with E-state index in [1.807, 2.05) is 0 Å². The number of halogens is 1. The SMILES string of the molecule is [Cl-].[Sb+5].[Sb+5].[Sb+5].[Sb+5].[Sb+5].[Sb+5]. The molecule has 0 saturated carbocycles. The van der Waals surface area contributed by atoms with E-state index >= 15 is 0 Å². The van der Waals surface area contributed by atoms with Crippen molar-refractivity contribution >= 4 is 147 Å². The summed E-state index contributed by atoms with van der Waals surface area (Å²) >= 11 is 0. The first kappa shape index (κ1) is 56.6. The van der Waals surface area contributed by atoms with Gasteiger partial charge in [-0.2, -0.15) is 0 Å². The molecule has 0 fully saturated rings. The van der Waals surface area contributed by atoms with Crippen LogP contribution in [0.15, 0.2) is 0 Å². The zero-order valence-electron chi connectivity index (χ0n) is 3.06. The first-order valence-electron chi connectivity index (χ1n) is 0. The quantitative estimate of drug-likeness (QED) is 0.217. The summed E-state index contributed by atoms with van der Waals surface area (Å²) in [5.41, 5.74) is 0. The molecule has 0 aromatic rings. The Morgan fingerprint density at radius 1 is 0.286 bits per heavy atom. The van der Waals surface area contributed by atoms with Gasteiger partial charge in [0.15, 0.2) is 0 Å². The molecule has 0 aliphatic heterocycles. The molecule has 0 spiro atoms. The second-order valence-corrected chi connectivity index (χ2v) is 0. The van der Waals surface area contributed by atoms with Crippen LogP contribution in [0.4, 0.5) is 0 Å². The summed E-state index contributed by atoms with van der Waals surface area (Å²) in [6, 6.07) is 0. The predicted molar refractivity (Wildman–Crippen MR) is 34.5 cm³/mol. The molecule has 0 saturated heterocycles. The maximum Gasteiger partial charge on any atom is 5.00 e. The molecule has 0 amide bonds. The standard InChI is InChI=1S/ClH.6Sb/h1H;;;;;;/q;6*+5/p-1.